The van der Waals surface area contributed by atoms with E-state index in [-0.39, 0.29) is 5.91 Å². The topological polar surface area (TPSA) is 64.3 Å². The van der Waals surface area contributed by atoms with Crippen molar-refractivity contribution >= 4 is 44.8 Å². The second-order valence-corrected chi connectivity index (χ2v) is 5.74. The van der Waals surface area contributed by atoms with E-state index in [2.05, 4.69) is 21.2 Å². The van der Waals surface area contributed by atoms with Crippen LogP contribution in [0.4, 0.5) is 11.4 Å². The van der Waals surface area contributed by atoms with Crippen molar-refractivity contribution in [1.82, 2.24) is 0 Å². The first kappa shape index (κ1) is 15.7. The first-order chi connectivity index (χ1) is 9.95. The molecule has 21 heavy (non-hydrogen) atoms. The molecule has 0 aromatic heterocycles. The average molecular weight is 370 g/mol. The second kappa shape index (κ2) is 6.83. The van der Waals surface area contributed by atoms with E-state index in [4.69, 9.17) is 22.1 Å². The lowest BCUT2D eigenvalue weighted by molar-refractivity contribution is -0.122. The van der Waals surface area contributed by atoms with Gasteiger partial charge in [-0.25, -0.2) is 0 Å². The molecule has 0 saturated carbocycles. The number of amides is 1. The van der Waals surface area contributed by atoms with E-state index in [0.29, 0.717) is 22.1 Å². The van der Waals surface area contributed by atoms with Crippen LogP contribution in [-0.4, -0.2) is 12.0 Å². The van der Waals surface area contributed by atoms with Gasteiger partial charge in [-0.15, -0.1) is 0 Å². The van der Waals surface area contributed by atoms with Crippen molar-refractivity contribution < 1.29 is 9.53 Å². The van der Waals surface area contributed by atoms with E-state index in [1.165, 1.54) is 0 Å². The summed E-state index contributed by atoms with van der Waals surface area (Å²) in [4.78, 5) is 12.1. The van der Waals surface area contributed by atoms with Crippen molar-refractivity contribution in [2.75, 3.05) is 11.1 Å². The van der Waals surface area contributed by atoms with Gasteiger partial charge in [0, 0.05) is 15.2 Å². The predicted octanol–water partition coefficient (Wildman–Crippen LogP) is 4.09. The average Bonchev–Trinajstić information content (AvgIpc) is 2.43. The van der Waals surface area contributed by atoms with E-state index in [0.717, 1.165) is 4.47 Å². The van der Waals surface area contributed by atoms with Gasteiger partial charge < -0.3 is 15.8 Å². The lowest BCUT2D eigenvalue weighted by Gasteiger charge is -2.15. The number of nitrogens with one attached hydrogen (secondary N) is 1. The number of carbonyl (C=O) groups is 1. The molecule has 0 spiro atoms. The third kappa shape index (κ3) is 4.37. The fourth-order valence-corrected chi connectivity index (χ4v) is 2.20. The number of hydrogen-bond donors (Lipinski definition) is 2. The fourth-order valence-electron chi connectivity index (χ4n) is 1.67. The molecule has 0 aliphatic heterocycles. The molecule has 0 aliphatic carbocycles. The maximum atomic E-state index is 12.1. The Morgan fingerprint density at radius 2 is 2.10 bits per heavy atom. The molecule has 110 valence electrons. The lowest BCUT2D eigenvalue weighted by atomic mass is 10.2. The maximum absolute atomic E-state index is 12.1. The molecule has 0 heterocycles. The Bertz CT molecular complexity index is 664. The number of nitrogens with two attached hydrogens (primary N) is 1. The Balaban J connectivity index is 2.04. The fraction of sp³-hybridized carbons (Fsp3) is 0.133. The van der Waals surface area contributed by atoms with Gasteiger partial charge in [0.15, 0.2) is 6.10 Å². The van der Waals surface area contributed by atoms with Crippen LogP contribution in [0.5, 0.6) is 5.75 Å². The quantitative estimate of drug-likeness (QED) is 0.798. The molecule has 0 saturated heterocycles. The molecule has 0 fully saturated rings. The smallest absolute Gasteiger partial charge is 0.265 e. The van der Waals surface area contributed by atoms with Gasteiger partial charge in [0.2, 0.25) is 0 Å². The highest BCUT2D eigenvalue weighted by Gasteiger charge is 2.16. The molecule has 3 N–H and O–H groups in total. The largest absolute Gasteiger partial charge is 0.481 e. The minimum absolute atomic E-state index is 0.277. The van der Waals surface area contributed by atoms with Crippen LogP contribution in [0.1, 0.15) is 6.92 Å². The van der Waals surface area contributed by atoms with Crippen molar-refractivity contribution in [2.45, 2.75) is 13.0 Å². The zero-order valence-corrected chi connectivity index (χ0v) is 13.6. The van der Waals surface area contributed by atoms with Gasteiger partial charge >= 0.3 is 0 Å². The second-order valence-electron chi connectivity index (χ2n) is 4.45. The van der Waals surface area contributed by atoms with Gasteiger partial charge in [0.1, 0.15) is 5.75 Å². The first-order valence-electron chi connectivity index (χ1n) is 6.24. The normalized spacial score (nSPS) is 11.8. The summed E-state index contributed by atoms with van der Waals surface area (Å²) in [5, 5.41) is 3.32. The summed E-state index contributed by atoms with van der Waals surface area (Å²) in [6.45, 7) is 1.66. The molecular formula is C15H14BrClN2O2. The van der Waals surface area contributed by atoms with Crippen LogP contribution in [0.2, 0.25) is 5.02 Å². The Morgan fingerprint density at radius 3 is 2.81 bits per heavy atom. The molecule has 1 atom stereocenters. The number of hydrogen-bond acceptors (Lipinski definition) is 3. The molecule has 2 rings (SSSR count). The van der Waals surface area contributed by atoms with E-state index in [9.17, 15) is 4.79 Å². The highest BCUT2D eigenvalue weighted by Crippen LogP contribution is 2.25. The standard InChI is InChI=1S/C15H14BrClN2O2/c1-9(21-12-4-2-3-10(17)7-12)15(20)19-14-8-11(18)5-6-13(14)16/h2-9H,18H2,1H3,(H,19,20). The van der Waals surface area contributed by atoms with Gasteiger partial charge in [-0.3, -0.25) is 4.79 Å². The monoisotopic (exact) mass is 368 g/mol. The summed E-state index contributed by atoms with van der Waals surface area (Å²) >= 11 is 9.23. The number of benzene rings is 2. The third-order valence-corrected chi connectivity index (χ3v) is 3.65. The molecule has 6 heteroatoms. The van der Waals surface area contributed by atoms with E-state index in [1.54, 1.807) is 49.4 Å². The van der Waals surface area contributed by atoms with Crippen LogP contribution >= 0.6 is 27.5 Å². The predicted molar refractivity (Wildman–Crippen MR) is 88.7 cm³/mol. The van der Waals surface area contributed by atoms with Crippen molar-refractivity contribution in [1.29, 1.82) is 0 Å². The summed E-state index contributed by atoms with van der Waals surface area (Å²) in [5.74, 6) is 0.262. The number of nitrogen functional groups attached to an aromatic ring is 1. The molecule has 4 nitrogen and oxygen atoms in total. The van der Waals surface area contributed by atoms with E-state index >= 15 is 0 Å². The lowest BCUT2D eigenvalue weighted by Crippen LogP contribution is -2.30. The van der Waals surface area contributed by atoms with Crippen LogP contribution in [0, 0.1) is 0 Å². The van der Waals surface area contributed by atoms with Crippen molar-refractivity contribution in [3.05, 3.63) is 52.0 Å². The molecule has 0 radical (unpaired) electrons. The van der Waals surface area contributed by atoms with Crippen molar-refractivity contribution in [3.63, 3.8) is 0 Å². The van der Waals surface area contributed by atoms with Crippen molar-refractivity contribution in [3.8, 4) is 5.75 Å². The van der Waals surface area contributed by atoms with Crippen LogP contribution < -0.4 is 15.8 Å². The van der Waals surface area contributed by atoms with Gasteiger partial charge in [-0.2, -0.15) is 0 Å². The number of halogens is 2. The molecular weight excluding hydrogens is 356 g/mol. The summed E-state index contributed by atoms with van der Waals surface area (Å²) in [7, 11) is 0. The van der Waals surface area contributed by atoms with Crippen LogP contribution in [0.3, 0.4) is 0 Å². The first-order valence-corrected chi connectivity index (χ1v) is 7.41. The third-order valence-electron chi connectivity index (χ3n) is 2.73. The highest BCUT2D eigenvalue weighted by molar-refractivity contribution is 9.10. The number of rotatable bonds is 4. The van der Waals surface area contributed by atoms with Crippen LogP contribution in [0.25, 0.3) is 0 Å². The summed E-state index contributed by atoms with van der Waals surface area (Å²) in [6.07, 6.45) is -0.670. The zero-order chi connectivity index (χ0) is 15.4. The molecule has 0 bridgehead atoms. The number of anilines is 2. The van der Waals surface area contributed by atoms with Crippen LogP contribution in [0.15, 0.2) is 46.9 Å². The highest BCUT2D eigenvalue weighted by atomic mass is 79.9. The SMILES string of the molecule is CC(Oc1cccc(Cl)c1)C(=O)Nc1cc(N)ccc1Br. The van der Waals surface area contributed by atoms with Gasteiger partial charge in [-0.05, 0) is 59.3 Å². The maximum Gasteiger partial charge on any atom is 0.265 e. The molecule has 2 aromatic carbocycles. The number of carbonyl (C=O) groups excluding carboxylic acids is 1. The van der Waals surface area contributed by atoms with Gasteiger partial charge in [0.05, 0.1) is 5.69 Å². The van der Waals surface area contributed by atoms with Crippen LogP contribution in [-0.2, 0) is 4.79 Å². The van der Waals surface area contributed by atoms with E-state index < -0.39 is 6.10 Å². The number of ether oxygens (including phenoxy) is 1. The summed E-state index contributed by atoms with van der Waals surface area (Å²) in [6, 6.07) is 12.1. The van der Waals surface area contributed by atoms with Gasteiger partial charge in [-0.1, -0.05) is 17.7 Å². The minimum Gasteiger partial charge on any atom is -0.481 e. The zero-order valence-electron chi connectivity index (χ0n) is 11.3. The Kier molecular flexibility index (Phi) is 5.09. The summed E-state index contributed by atoms with van der Waals surface area (Å²) in [5.41, 5.74) is 6.87. The summed E-state index contributed by atoms with van der Waals surface area (Å²) < 4.78 is 6.31. The Labute approximate surface area is 136 Å². The molecule has 2 aromatic rings. The van der Waals surface area contributed by atoms with E-state index in [1.807, 2.05) is 0 Å². The Morgan fingerprint density at radius 1 is 1.33 bits per heavy atom. The van der Waals surface area contributed by atoms with Gasteiger partial charge in [0.25, 0.3) is 5.91 Å². The Hall–Kier alpha value is -1.72. The molecule has 1 unspecified atom stereocenters. The molecule has 0 aliphatic rings. The van der Waals surface area contributed by atoms with Crippen molar-refractivity contribution in [2.24, 2.45) is 0 Å². The minimum atomic E-state index is -0.670. The molecule has 1 amide bonds.